The SMILES string of the molecule is CC(C)O[C@H]1CCN(C(=O)C2CNC(C3CCCCCCC3)N2C)C[C@H]1F. The van der Waals surface area contributed by atoms with E-state index in [4.69, 9.17) is 4.74 Å². The summed E-state index contributed by atoms with van der Waals surface area (Å²) >= 11 is 0. The third kappa shape index (κ3) is 5.21. The number of hydrogen-bond acceptors (Lipinski definition) is 4. The maximum atomic E-state index is 14.5. The molecule has 0 spiro atoms. The number of piperidine rings is 1. The van der Waals surface area contributed by atoms with E-state index in [-0.39, 0.29) is 36.9 Å². The van der Waals surface area contributed by atoms with Crippen LogP contribution in [0.1, 0.15) is 65.2 Å². The molecule has 1 saturated carbocycles. The second kappa shape index (κ2) is 9.66. The fraction of sp³-hybridized carbons (Fsp3) is 0.952. The van der Waals surface area contributed by atoms with Gasteiger partial charge in [0.25, 0.3) is 0 Å². The van der Waals surface area contributed by atoms with Gasteiger partial charge >= 0.3 is 0 Å². The number of carbonyl (C=O) groups is 1. The number of halogens is 1. The molecule has 2 saturated heterocycles. The lowest BCUT2D eigenvalue weighted by molar-refractivity contribution is -0.142. The first-order chi connectivity index (χ1) is 13.0. The second-order valence-corrected chi connectivity index (χ2v) is 8.95. The number of carbonyl (C=O) groups excluding carboxylic acids is 1. The van der Waals surface area contributed by atoms with E-state index in [1.165, 1.54) is 44.9 Å². The lowest BCUT2D eigenvalue weighted by atomic mass is 9.88. The summed E-state index contributed by atoms with van der Waals surface area (Å²) in [5, 5.41) is 3.60. The van der Waals surface area contributed by atoms with Crippen LogP contribution in [0.25, 0.3) is 0 Å². The molecule has 4 atom stereocenters. The number of likely N-dealkylation sites (N-methyl/N-ethyl adjacent to an activating group) is 1. The zero-order valence-corrected chi connectivity index (χ0v) is 17.3. The molecule has 1 aliphatic carbocycles. The molecule has 0 bridgehead atoms. The number of nitrogens with zero attached hydrogens (tertiary/aromatic N) is 2. The van der Waals surface area contributed by atoms with E-state index in [2.05, 4.69) is 17.3 Å². The first kappa shape index (κ1) is 21.0. The second-order valence-electron chi connectivity index (χ2n) is 8.95. The molecular formula is C21H38FN3O2. The van der Waals surface area contributed by atoms with Crippen molar-refractivity contribution in [3.63, 3.8) is 0 Å². The van der Waals surface area contributed by atoms with Gasteiger partial charge in [-0.25, -0.2) is 4.39 Å². The van der Waals surface area contributed by atoms with E-state index in [0.717, 1.165) is 0 Å². The van der Waals surface area contributed by atoms with Gasteiger partial charge in [0.2, 0.25) is 5.91 Å². The predicted octanol–water partition coefficient (Wildman–Crippen LogP) is 2.94. The molecule has 2 aliphatic heterocycles. The topological polar surface area (TPSA) is 44.8 Å². The number of hydrogen-bond donors (Lipinski definition) is 1. The quantitative estimate of drug-likeness (QED) is 0.811. The molecule has 27 heavy (non-hydrogen) atoms. The molecule has 1 N–H and O–H groups in total. The average Bonchev–Trinajstić information content (AvgIpc) is 2.97. The molecule has 156 valence electrons. The summed E-state index contributed by atoms with van der Waals surface area (Å²) in [6, 6.07) is -0.171. The Kier molecular flexibility index (Phi) is 7.51. The van der Waals surface area contributed by atoms with Gasteiger partial charge in [0.15, 0.2) is 0 Å². The summed E-state index contributed by atoms with van der Waals surface area (Å²) in [7, 11) is 2.06. The molecule has 3 fully saturated rings. The molecule has 1 amide bonds. The van der Waals surface area contributed by atoms with Crippen molar-refractivity contribution in [2.75, 3.05) is 26.7 Å². The lowest BCUT2D eigenvalue weighted by Crippen LogP contribution is -2.54. The van der Waals surface area contributed by atoms with Gasteiger partial charge in [0.05, 0.1) is 24.9 Å². The Morgan fingerprint density at radius 2 is 1.78 bits per heavy atom. The Labute approximate surface area is 164 Å². The molecular weight excluding hydrogens is 345 g/mol. The van der Waals surface area contributed by atoms with Gasteiger partial charge in [0, 0.05) is 13.1 Å². The van der Waals surface area contributed by atoms with E-state index in [1.54, 1.807) is 4.90 Å². The van der Waals surface area contributed by atoms with Crippen molar-refractivity contribution in [1.29, 1.82) is 0 Å². The summed E-state index contributed by atoms with van der Waals surface area (Å²) in [5.41, 5.74) is 0. The maximum absolute atomic E-state index is 14.5. The largest absolute Gasteiger partial charge is 0.372 e. The molecule has 0 aromatic rings. The van der Waals surface area contributed by atoms with Crippen molar-refractivity contribution in [3.8, 4) is 0 Å². The lowest BCUT2D eigenvalue weighted by Gasteiger charge is -2.38. The molecule has 2 unspecified atom stereocenters. The number of alkyl halides is 1. The molecule has 6 heteroatoms. The van der Waals surface area contributed by atoms with Crippen LogP contribution < -0.4 is 5.32 Å². The van der Waals surface area contributed by atoms with Crippen LogP contribution in [0.5, 0.6) is 0 Å². The number of ether oxygens (including phenoxy) is 1. The third-order valence-corrected chi connectivity index (χ3v) is 6.57. The number of amides is 1. The highest BCUT2D eigenvalue weighted by atomic mass is 19.1. The third-order valence-electron chi connectivity index (χ3n) is 6.57. The number of nitrogens with one attached hydrogen (secondary N) is 1. The van der Waals surface area contributed by atoms with Gasteiger partial charge in [-0.2, -0.15) is 0 Å². The summed E-state index contributed by atoms with van der Waals surface area (Å²) < 4.78 is 20.2. The smallest absolute Gasteiger partial charge is 0.241 e. The summed E-state index contributed by atoms with van der Waals surface area (Å²) in [5.74, 6) is 0.691. The minimum absolute atomic E-state index is 0.0187. The molecule has 0 radical (unpaired) electrons. The average molecular weight is 384 g/mol. The normalized spacial score (nSPS) is 34.6. The Morgan fingerprint density at radius 3 is 2.41 bits per heavy atom. The fourth-order valence-electron chi connectivity index (χ4n) is 5.08. The van der Waals surface area contributed by atoms with Gasteiger partial charge in [-0.3, -0.25) is 15.0 Å². The van der Waals surface area contributed by atoms with E-state index in [1.807, 2.05) is 13.8 Å². The molecule has 5 nitrogen and oxygen atoms in total. The maximum Gasteiger partial charge on any atom is 0.241 e. The standard InChI is InChI=1S/C21H38FN3O2/c1-15(2)27-19-11-12-25(14-17(19)22)21(26)18-13-23-20(24(18)3)16-9-7-5-4-6-8-10-16/h15-20,23H,4-14H2,1-3H3/t17-,18?,19+,20?/m1/s1. The highest BCUT2D eigenvalue weighted by Crippen LogP contribution is 2.29. The molecule has 2 heterocycles. The van der Waals surface area contributed by atoms with Gasteiger partial charge in [-0.1, -0.05) is 32.1 Å². The van der Waals surface area contributed by atoms with Gasteiger partial charge in [0.1, 0.15) is 12.2 Å². The van der Waals surface area contributed by atoms with Crippen LogP contribution in [0.4, 0.5) is 4.39 Å². The molecule has 0 aromatic heterocycles. The van der Waals surface area contributed by atoms with E-state index in [0.29, 0.717) is 25.4 Å². The Balaban J connectivity index is 1.54. The predicted molar refractivity (Wildman–Crippen MR) is 105 cm³/mol. The molecule has 3 aliphatic rings. The Hall–Kier alpha value is -0.720. The van der Waals surface area contributed by atoms with E-state index >= 15 is 0 Å². The molecule has 0 aromatic carbocycles. The minimum atomic E-state index is -1.09. The van der Waals surface area contributed by atoms with Crippen LogP contribution in [0.15, 0.2) is 0 Å². The van der Waals surface area contributed by atoms with Gasteiger partial charge in [-0.15, -0.1) is 0 Å². The zero-order chi connectivity index (χ0) is 19.4. The summed E-state index contributed by atoms with van der Waals surface area (Å²) in [6.45, 7) is 5.29. The Morgan fingerprint density at radius 1 is 1.11 bits per heavy atom. The van der Waals surface area contributed by atoms with Crippen molar-refractivity contribution in [2.24, 2.45) is 5.92 Å². The summed E-state index contributed by atoms with van der Waals surface area (Å²) in [6.07, 6.45) is 8.52. The Bertz CT molecular complexity index is 482. The van der Waals surface area contributed by atoms with Crippen molar-refractivity contribution in [2.45, 2.75) is 95.8 Å². The minimum Gasteiger partial charge on any atom is -0.372 e. The highest BCUT2D eigenvalue weighted by molar-refractivity contribution is 5.82. The fourth-order valence-corrected chi connectivity index (χ4v) is 5.08. The van der Waals surface area contributed by atoms with Crippen LogP contribution in [-0.2, 0) is 9.53 Å². The van der Waals surface area contributed by atoms with Crippen LogP contribution >= 0.6 is 0 Å². The summed E-state index contributed by atoms with van der Waals surface area (Å²) in [4.78, 5) is 17.0. The zero-order valence-electron chi connectivity index (χ0n) is 17.3. The van der Waals surface area contributed by atoms with Crippen molar-refractivity contribution in [3.05, 3.63) is 0 Å². The van der Waals surface area contributed by atoms with Gasteiger partial charge < -0.3 is 9.64 Å². The molecule has 3 rings (SSSR count). The van der Waals surface area contributed by atoms with E-state index < -0.39 is 6.17 Å². The van der Waals surface area contributed by atoms with Crippen molar-refractivity contribution in [1.82, 2.24) is 15.1 Å². The van der Waals surface area contributed by atoms with E-state index in [9.17, 15) is 9.18 Å². The monoisotopic (exact) mass is 383 g/mol. The van der Waals surface area contributed by atoms with Crippen LogP contribution in [0.2, 0.25) is 0 Å². The van der Waals surface area contributed by atoms with Crippen molar-refractivity contribution < 1.29 is 13.9 Å². The van der Waals surface area contributed by atoms with Crippen LogP contribution in [0.3, 0.4) is 0 Å². The van der Waals surface area contributed by atoms with Crippen LogP contribution in [-0.4, -0.2) is 73.0 Å². The highest BCUT2D eigenvalue weighted by Gasteiger charge is 2.42. The number of rotatable bonds is 4. The first-order valence-corrected chi connectivity index (χ1v) is 11.0. The van der Waals surface area contributed by atoms with Gasteiger partial charge in [-0.05, 0) is 46.1 Å². The number of likely N-dealkylation sites (tertiary alicyclic amines) is 1. The van der Waals surface area contributed by atoms with Crippen molar-refractivity contribution >= 4 is 5.91 Å². The first-order valence-electron chi connectivity index (χ1n) is 11.0. The van der Waals surface area contributed by atoms with Crippen LogP contribution in [0, 0.1) is 5.92 Å².